The van der Waals surface area contributed by atoms with E-state index in [9.17, 15) is 9.90 Å². The van der Waals surface area contributed by atoms with Gasteiger partial charge in [0.25, 0.3) is 0 Å². The molecule has 1 aromatic carbocycles. The molecule has 4 heteroatoms. The van der Waals surface area contributed by atoms with Crippen molar-refractivity contribution in [1.29, 1.82) is 0 Å². The van der Waals surface area contributed by atoms with Crippen LogP contribution in [0.2, 0.25) is 0 Å². The monoisotopic (exact) mass is 270 g/mol. The molecule has 20 heavy (non-hydrogen) atoms. The molecule has 4 nitrogen and oxygen atoms in total. The lowest BCUT2D eigenvalue weighted by Crippen LogP contribution is -2.42. The Morgan fingerprint density at radius 3 is 2.50 bits per heavy atom. The van der Waals surface area contributed by atoms with Gasteiger partial charge in [-0.3, -0.25) is 0 Å². The molecule has 2 rings (SSSR count). The van der Waals surface area contributed by atoms with Crippen LogP contribution < -0.4 is 0 Å². The lowest BCUT2D eigenvalue weighted by atomic mass is 9.72. The second kappa shape index (κ2) is 6.25. The Labute approximate surface area is 117 Å². The molecule has 0 bridgehead atoms. The lowest BCUT2D eigenvalue weighted by molar-refractivity contribution is -0.0372. The van der Waals surface area contributed by atoms with Crippen LogP contribution in [0.4, 0.5) is 0 Å². The Hall–Kier alpha value is -2.27. The van der Waals surface area contributed by atoms with Crippen molar-refractivity contribution in [3.05, 3.63) is 35.4 Å². The normalized spacial score (nSPS) is 23.6. The number of benzene rings is 1. The Bertz CT molecular complexity index is 610. The van der Waals surface area contributed by atoms with Crippen LogP contribution in [0.5, 0.6) is 0 Å². The summed E-state index contributed by atoms with van der Waals surface area (Å²) < 4.78 is 0. The standard InChI is InChI=1S/C16H14O4/c17-10-14-13(9-15(14)18)4-2-1-3-11-5-7-12(8-6-11)16(19)20/h5-8,13-15,17-18H,9-10H2,(H,19,20)/t13-,14+,15?/m0/s1. The van der Waals surface area contributed by atoms with E-state index in [-0.39, 0.29) is 24.0 Å². The molecule has 3 N–H and O–H groups in total. The van der Waals surface area contributed by atoms with Gasteiger partial charge in [0.1, 0.15) is 0 Å². The second-order valence-electron chi connectivity index (χ2n) is 4.66. The first-order valence-electron chi connectivity index (χ1n) is 6.25. The van der Waals surface area contributed by atoms with Crippen LogP contribution in [-0.4, -0.2) is 34.0 Å². The maximum Gasteiger partial charge on any atom is 0.335 e. The Balaban J connectivity index is 1.97. The quantitative estimate of drug-likeness (QED) is 0.692. The number of aliphatic hydroxyl groups excluding tert-OH is 2. The molecule has 1 unspecified atom stereocenters. The maximum absolute atomic E-state index is 10.7. The van der Waals surface area contributed by atoms with E-state index in [0.29, 0.717) is 12.0 Å². The summed E-state index contributed by atoms with van der Waals surface area (Å²) in [4.78, 5) is 10.7. The third-order valence-electron chi connectivity index (χ3n) is 3.38. The predicted molar refractivity (Wildman–Crippen MR) is 72.7 cm³/mol. The second-order valence-corrected chi connectivity index (χ2v) is 4.66. The van der Waals surface area contributed by atoms with Crippen LogP contribution in [0.25, 0.3) is 0 Å². The fraction of sp³-hybridized carbons (Fsp3) is 0.312. The molecule has 1 aliphatic rings. The van der Waals surface area contributed by atoms with E-state index >= 15 is 0 Å². The molecule has 0 aromatic heterocycles. The number of carboxylic acids is 1. The van der Waals surface area contributed by atoms with E-state index < -0.39 is 12.1 Å². The fourth-order valence-corrected chi connectivity index (χ4v) is 2.03. The van der Waals surface area contributed by atoms with Crippen molar-refractivity contribution in [3.8, 4) is 23.7 Å². The molecule has 102 valence electrons. The summed E-state index contributed by atoms with van der Waals surface area (Å²) in [5, 5.41) is 27.1. The van der Waals surface area contributed by atoms with Gasteiger partial charge in [0.2, 0.25) is 0 Å². The topological polar surface area (TPSA) is 77.8 Å². The van der Waals surface area contributed by atoms with E-state index in [1.807, 2.05) is 0 Å². The average Bonchev–Trinajstić information content (AvgIpc) is 2.43. The summed E-state index contributed by atoms with van der Waals surface area (Å²) in [6, 6.07) is 6.23. The molecule has 0 radical (unpaired) electrons. The summed E-state index contributed by atoms with van der Waals surface area (Å²) >= 11 is 0. The van der Waals surface area contributed by atoms with Crippen molar-refractivity contribution in [2.75, 3.05) is 6.61 Å². The van der Waals surface area contributed by atoms with Crippen LogP contribution in [0.1, 0.15) is 22.3 Å². The largest absolute Gasteiger partial charge is 0.478 e. The summed E-state index contributed by atoms with van der Waals surface area (Å²) in [6.07, 6.45) is 0.114. The molecule has 1 saturated carbocycles. The van der Waals surface area contributed by atoms with Crippen molar-refractivity contribution in [3.63, 3.8) is 0 Å². The fourth-order valence-electron chi connectivity index (χ4n) is 2.03. The molecule has 3 atom stereocenters. The predicted octanol–water partition coefficient (Wildman–Crippen LogP) is 0.729. The molecular weight excluding hydrogens is 256 g/mol. The third kappa shape index (κ3) is 3.19. The number of hydrogen-bond acceptors (Lipinski definition) is 3. The first-order valence-corrected chi connectivity index (χ1v) is 6.25. The Morgan fingerprint density at radius 2 is 1.95 bits per heavy atom. The highest BCUT2D eigenvalue weighted by Gasteiger charge is 2.38. The summed E-state index contributed by atoms with van der Waals surface area (Å²) in [6.45, 7) is -0.0649. The van der Waals surface area contributed by atoms with Crippen molar-refractivity contribution in [1.82, 2.24) is 0 Å². The minimum Gasteiger partial charge on any atom is -0.478 e. The van der Waals surface area contributed by atoms with Crippen LogP contribution in [-0.2, 0) is 0 Å². The van der Waals surface area contributed by atoms with Crippen molar-refractivity contribution in [2.24, 2.45) is 11.8 Å². The van der Waals surface area contributed by atoms with E-state index in [1.165, 1.54) is 12.1 Å². The first kappa shape index (κ1) is 14.1. The van der Waals surface area contributed by atoms with Crippen molar-refractivity contribution in [2.45, 2.75) is 12.5 Å². The van der Waals surface area contributed by atoms with Gasteiger partial charge in [-0.05, 0) is 42.5 Å². The molecule has 0 amide bonds. The Morgan fingerprint density at radius 1 is 1.25 bits per heavy atom. The smallest absolute Gasteiger partial charge is 0.335 e. The number of aliphatic hydroxyl groups is 2. The molecular formula is C16H14O4. The van der Waals surface area contributed by atoms with Crippen molar-refractivity contribution < 1.29 is 20.1 Å². The Kier molecular flexibility index (Phi) is 4.42. The van der Waals surface area contributed by atoms with E-state index in [2.05, 4.69) is 23.7 Å². The third-order valence-corrected chi connectivity index (χ3v) is 3.38. The van der Waals surface area contributed by atoms with E-state index in [1.54, 1.807) is 12.1 Å². The highest BCUT2D eigenvalue weighted by Crippen LogP contribution is 2.33. The highest BCUT2D eigenvalue weighted by atomic mass is 16.4. The molecule has 1 fully saturated rings. The number of carboxylic acid groups (broad SMARTS) is 1. The maximum atomic E-state index is 10.7. The summed E-state index contributed by atoms with van der Waals surface area (Å²) in [5.41, 5.74) is 0.910. The van der Waals surface area contributed by atoms with Gasteiger partial charge in [0.05, 0.1) is 11.7 Å². The van der Waals surface area contributed by atoms with Crippen LogP contribution >= 0.6 is 0 Å². The SMILES string of the molecule is O=C(O)c1ccc(C#CC#C[C@H]2CC(O)[C@@H]2CO)cc1. The zero-order valence-corrected chi connectivity index (χ0v) is 10.7. The van der Waals surface area contributed by atoms with E-state index in [4.69, 9.17) is 10.2 Å². The lowest BCUT2D eigenvalue weighted by Gasteiger charge is -2.37. The van der Waals surface area contributed by atoms with Gasteiger partial charge < -0.3 is 15.3 Å². The minimum absolute atomic E-state index is 0.00122. The average molecular weight is 270 g/mol. The molecule has 1 aromatic rings. The zero-order chi connectivity index (χ0) is 14.5. The highest BCUT2D eigenvalue weighted by molar-refractivity contribution is 5.87. The van der Waals surface area contributed by atoms with Crippen LogP contribution in [0.15, 0.2) is 24.3 Å². The van der Waals surface area contributed by atoms with Gasteiger partial charge in [-0.15, -0.1) is 0 Å². The number of rotatable bonds is 2. The van der Waals surface area contributed by atoms with Gasteiger partial charge in [-0.1, -0.05) is 11.8 Å². The van der Waals surface area contributed by atoms with Crippen molar-refractivity contribution >= 4 is 5.97 Å². The number of carbonyl (C=O) groups is 1. The summed E-state index contributed by atoms with van der Waals surface area (Å²) in [5.74, 6) is 9.99. The molecule has 0 spiro atoms. The summed E-state index contributed by atoms with van der Waals surface area (Å²) in [7, 11) is 0. The first-order chi connectivity index (χ1) is 9.61. The van der Waals surface area contributed by atoms with Gasteiger partial charge >= 0.3 is 5.97 Å². The zero-order valence-electron chi connectivity index (χ0n) is 10.7. The van der Waals surface area contributed by atoms with Crippen LogP contribution in [0.3, 0.4) is 0 Å². The van der Waals surface area contributed by atoms with Gasteiger partial charge in [0.15, 0.2) is 0 Å². The van der Waals surface area contributed by atoms with E-state index in [0.717, 1.165) is 0 Å². The molecule has 0 heterocycles. The van der Waals surface area contributed by atoms with Gasteiger partial charge in [-0.2, -0.15) is 0 Å². The van der Waals surface area contributed by atoms with Gasteiger partial charge in [0, 0.05) is 24.0 Å². The minimum atomic E-state index is -0.970. The molecule has 0 saturated heterocycles. The number of hydrogen-bond donors (Lipinski definition) is 3. The number of aromatic carboxylic acids is 1. The van der Waals surface area contributed by atoms with Crippen LogP contribution in [0, 0.1) is 35.5 Å². The molecule has 0 aliphatic heterocycles. The molecule has 1 aliphatic carbocycles. The van der Waals surface area contributed by atoms with Gasteiger partial charge in [-0.25, -0.2) is 4.79 Å².